The molecule has 3 atom stereocenters. The second kappa shape index (κ2) is 5.40. The third-order valence-corrected chi connectivity index (χ3v) is 4.56. The molecule has 0 saturated carbocycles. The number of nitrogens with one attached hydrogen (secondary N) is 1. The zero-order chi connectivity index (χ0) is 14.1. The van der Waals surface area contributed by atoms with Gasteiger partial charge in [-0.1, -0.05) is 0 Å². The lowest BCUT2D eigenvalue weighted by molar-refractivity contribution is -0.683. The fourth-order valence-electron chi connectivity index (χ4n) is 3.43. The van der Waals surface area contributed by atoms with Crippen molar-refractivity contribution in [1.82, 2.24) is 10.3 Å². The lowest BCUT2D eigenvalue weighted by Gasteiger charge is -2.16. The molecule has 0 spiro atoms. The Labute approximate surface area is 119 Å². The Hall–Kier alpha value is -1.62. The Morgan fingerprint density at radius 3 is 3.00 bits per heavy atom. The van der Waals surface area contributed by atoms with Gasteiger partial charge in [0.15, 0.2) is 0 Å². The Morgan fingerprint density at radius 2 is 2.35 bits per heavy atom. The van der Waals surface area contributed by atoms with Crippen LogP contribution in [0.15, 0.2) is 18.3 Å². The Morgan fingerprint density at radius 1 is 1.50 bits per heavy atom. The number of aromatic nitrogens is 1. The van der Waals surface area contributed by atoms with Crippen LogP contribution in [-0.2, 0) is 11.3 Å². The smallest absolute Gasteiger partial charge is 0.229 e. The largest absolute Gasteiger partial charge is 0.378 e. The summed E-state index contributed by atoms with van der Waals surface area (Å²) in [7, 11) is 4.01. The van der Waals surface area contributed by atoms with Crippen LogP contribution < -0.4 is 15.5 Å². The van der Waals surface area contributed by atoms with Gasteiger partial charge in [-0.2, -0.15) is 0 Å². The number of carbonyl (C=O) groups is 1. The van der Waals surface area contributed by atoms with Crippen LogP contribution >= 0.6 is 0 Å². The van der Waals surface area contributed by atoms with E-state index in [1.807, 2.05) is 31.1 Å². The Kier molecular flexibility index (Phi) is 3.61. The SMILES string of the molecule is CN(C)c1ccnc(CNC(=O)C2CC3CCC2[NH2+]3)c1. The lowest BCUT2D eigenvalue weighted by atomic mass is 9.88. The topological polar surface area (TPSA) is 61.8 Å². The molecule has 5 heteroatoms. The molecule has 108 valence electrons. The zero-order valence-electron chi connectivity index (χ0n) is 12.2. The van der Waals surface area contributed by atoms with E-state index in [4.69, 9.17) is 0 Å². The summed E-state index contributed by atoms with van der Waals surface area (Å²) in [5.41, 5.74) is 2.02. The Bertz CT molecular complexity index is 502. The minimum Gasteiger partial charge on any atom is -0.378 e. The van der Waals surface area contributed by atoms with Crippen molar-refractivity contribution in [1.29, 1.82) is 0 Å². The molecule has 3 unspecified atom stereocenters. The summed E-state index contributed by atoms with van der Waals surface area (Å²) in [6.07, 6.45) is 5.31. The number of amides is 1. The van der Waals surface area contributed by atoms with Crippen molar-refractivity contribution in [2.45, 2.75) is 37.9 Å². The van der Waals surface area contributed by atoms with E-state index in [0.717, 1.165) is 17.8 Å². The lowest BCUT2D eigenvalue weighted by Crippen LogP contribution is -2.88. The normalized spacial score (nSPS) is 27.6. The minimum atomic E-state index is 0.200. The summed E-state index contributed by atoms with van der Waals surface area (Å²) in [5, 5.41) is 5.44. The maximum absolute atomic E-state index is 12.3. The molecule has 5 nitrogen and oxygen atoms in total. The third kappa shape index (κ3) is 2.63. The number of hydrogen-bond donors (Lipinski definition) is 2. The molecule has 2 fully saturated rings. The number of nitrogens with two attached hydrogens (primary N) is 1. The molecule has 2 saturated heterocycles. The van der Waals surface area contributed by atoms with Gasteiger partial charge in [0.1, 0.15) is 0 Å². The van der Waals surface area contributed by atoms with Crippen molar-refractivity contribution in [3.05, 3.63) is 24.0 Å². The summed E-state index contributed by atoms with van der Waals surface area (Å²) in [4.78, 5) is 18.6. The van der Waals surface area contributed by atoms with E-state index in [-0.39, 0.29) is 11.8 Å². The average Bonchev–Trinajstić information content (AvgIpc) is 3.07. The predicted octanol–water partition coefficient (Wildman–Crippen LogP) is -0.122. The van der Waals surface area contributed by atoms with E-state index in [1.54, 1.807) is 6.20 Å². The first kappa shape index (κ1) is 13.4. The number of hydrogen-bond acceptors (Lipinski definition) is 3. The molecule has 3 rings (SSSR count). The van der Waals surface area contributed by atoms with Crippen molar-refractivity contribution in [2.24, 2.45) is 5.92 Å². The molecule has 2 aliphatic rings. The van der Waals surface area contributed by atoms with E-state index in [0.29, 0.717) is 18.6 Å². The number of quaternary nitrogens is 1. The first-order valence-electron chi connectivity index (χ1n) is 7.38. The molecule has 1 aromatic heterocycles. The molecule has 0 aliphatic carbocycles. The highest BCUT2D eigenvalue weighted by Gasteiger charge is 2.46. The fraction of sp³-hybridized carbons (Fsp3) is 0.600. The maximum atomic E-state index is 12.3. The highest BCUT2D eigenvalue weighted by Crippen LogP contribution is 2.27. The molecular weight excluding hydrogens is 252 g/mol. The fourth-order valence-corrected chi connectivity index (χ4v) is 3.43. The molecule has 3 heterocycles. The second-order valence-electron chi connectivity index (χ2n) is 6.15. The monoisotopic (exact) mass is 275 g/mol. The van der Waals surface area contributed by atoms with E-state index in [9.17, 15) is 4.79 Å². The maximum Gasteiger partial charge on any atom is 0.229 e. The summed E-state index contributed by atoms with van der Waals surface area (Å²) >= 11 is 0. The number of anilines is 1. The average molecular weight is 275 g/mol. The molecule has 0 aromatic carbocycles. The van der Waals surface area contributed by atoms with Gasteiger partial charge in [0.2, 0.25) is 5.91 Å². The highest BCUT2D eigenvalue weighted by molar-refractivity contribution is 5.79. The van der Waals surface area contributed by atoms with Crippen molar-refractivity contribution >= 4 is 11.6 Å². The molecule has 1 amide bonds. The standard InChI is InChI=1S/C15H22N4O/c1-19(2)12-5-6-16-11(7-12)9-17-15(20)13-8-10-3-4-14(13)18-10/h5-7,10,13-14,18H,3-4,8-9H2,1-2H3,(H,17,20)/p+1. The van der Waals surface area contributed by atoms with Gasteiger partial charge in [0, 0.05) is 45.2 Å². The Balaban J connectivity index is 1.56. The van der Waals surface area contributed by atoms with Crippen molar-refractivity contribution < 1.29 is 10.1 Å². The third-order valence-electron chi connectivity index (χ3n) is 4.56. The van der Waals surface area contributed by atoms with Crippen LogP contribution in [0.1, 0.15) is 25.0 Å². The number of pyridine rings is 1. The van der Waals surface area contributed by atoms with Crippen LogP contribution in [-0.4, -0.2) is 37.1 Å². The van der Waals surface area contributed by atoms with E-state index in [2.05, 4.69) is 15.6 Å². The van der Waals surface area contributed by atoms with Gasteiger partial charge in [-0.25, -0.2) is 0 Å². The summed E-state index contributed by atoms with van der Waals surface area (Å²) in [5.74, 6) is 0.399. The van der Waals surface area contributed by atoms with Crippen LogP contribution in [0.3, 0.4) is 0 Å². The molecule has 2 bridgehead atoms. The summed E-state index contributed by atoms with van der Waals surface area (Å²) in [6.45, 7) is 0.522. The van der Waals surface area contributed by atoms with Gasteiger partial charge < -0.3 is 15.5 Å². The molecule has 0 radical (unpaired) electrons. The first-order chi connectivity index (χ1) is 9.63. The molecule has 1 aromatic rings. The van der Waals surface area contributed by atoms with Gasteiger partial charge >= 0.3 is 0 Å². The quantitative estimate of drug-likeness (QED) is 0.805. The molecule has 2 aliphatic heterocycles. The number of nitrogens with zero attached hydrogens (tertiary/aromatic N) is 2. The van der Waals surface area contributed by atoms with E-state index in [1.165, 1.54) is 12.8 Å². The van der Waals surface area contributed by atoms with E-state index >= 15 is 0 Å². The van der Waals surface area contributed by atoms with Crippen molar-refractivity contribution in [3.8, 4) is 0 Å². The predicted molar refractivity (Wildman–Crippen MR) is 77.3 cm³/mol. The number of rotatable bonds is 4. The van der Waals surface area contributed by atoms with Crippen LogP contribution in [0.25, 0.3) is 0 Å². The van der Waals surface area contributed by atoms with Gasteiger partial charge in [-0.3, -0.25) is 9.78 Å². The van der Waals surface area contributed by atoms with Gasteiger partial charge in [0.25, 0.3) is 0 Å². The van der Waals surface area contributed by atoms with E-state index < -0.39 is 0 Å². The second-order valence-corrected chi connectivity index (χ2v) is 6.15. The molecule has 20 heavy (non-hydrogen) atoms. The van der Waals surface area contributed by atoms with Crippen molar-refractivity contribution in [2.75, 3.05) is 19.0 Å². The molecular formula is C15H23N4O+. The number of fused-ring (bicyclic) bond motifs is 2. The minimum absolute atomic E-state index is 0.200. The van der Waals surface area contributed by atoms with Crippen LogP contribution in [0.4, 0.5) is 5.69 Å². The van der Waals surface area contributed by atoms with Crippen LogP contribution in [0.2, 0.25) is 0 Å². The highest BCUT2D eigenvalue weighted by atomic mass is 16.1. The summed E-state index contributed by atoms with van der Waals surface area (Å²) in [6, 6.07) is 5.19. The van der Waals surface area contributed by atoms with Gasteiger partial charge in [-0.05, 0) is 12.1 Å². The van der Waals surface area contributed by atoms with Crippen molar-refractivity contribution in [3.63, 3.8) is 0 Å². The summed E-state index contributed by atoms with van der Waals surface area (Å²) < 4.78 is 0. The first-order valence-corrected chi connectivity index (χ1v) is 7.38. The van der Waals surface area contributed by atoms with Crippen LogP contribution in [0, 0.1) is 5.92 Å². The van der Waals surface area contributed by atoms with Gasteiger partial charge in [0.05, 0.1) is 30.2 Å². The number of carbonyl (C=O) groups excluding carboxylic acids is 1. The molecule has 3 N–H and O–H groups in total. The van der Waals surface area contributed by atoms with Gasteiger partial charge in [-0.15, -0.1) is 0 Å². The zero-order valence-corrected chi connectivity index (χ0v) is 12.2. The van der Waals surface area contributed by atoms with Crippen LogP contribution in [0.5, 0.6) is 0 Å².